The quantitative estimate of drug-likeness (QED) is 0.195. The predicted octanol–water partition coefficient (Wildman–Crippen LogP) is 7.20. The Kier molecular flexibility index (Phi) is 9.49. The van der Waals surface area contributed by atoms with Crippen molar-refractivity contribution in [1.29, 1.82) is 0 Å². The van der Waals surface area contributed by atoms with Gasteiger partial charge in [-0.25, -0.2) is 9.59 Å². The minimum absolute atomic E-state index is 0.00167. The van der Waals surface area contributed by atoms with Gasteiger partial charge in [0.15, 0.2) is 11.4 Å². The van der Waals surface area contributed by atoms with Gasteiger partial charge in [0, 0.05) is 33.9 Å². The summed E-state index contributed by atoms with van der Waals surface area (Å²) in [6.45, 7) is 7.44. The highest BCUT2D eigenvalue weighted by molar-refractivity contribution is 9.10. The fraction of sp³-hybridized carbons (Fsp3) is 0.344. The van der Waals surface area contributed by atoms with Crippen molar-refractivity contribution in [2.45, 2.75) is 44.6 Å². The zero-order chi connectivity index (χ0) is 29.9. The van der Waals surface area contributed by atoms with Gasteiger partial charge in [0.25, 0.3) is 0 Å². The van der Waals surface area contributed by atoms with E-state index < -0.39 is 23.6 Å². The van der Waals surface area contributed by atoms with Crippen LogP contribution in [0.5, 0.6) is 11.5 Å². The van der Waals surface area contributed by atoms with Crippen LogP contribution in [0.4, 0.5) is 4.79 Å². The number of rotatable bonds is 9. The molecule has 2 atom stereocenters. The third-order valence-electron chi connectivity index (χ3n) is 7.32. The molecule has 7 nitrogen and oxygen atoms in total. The molecule has 1 aliphatic rings. The maximum atomic E-state index is 13.8. The number of halogens is 1. The lowest BCUT2D eigenvalue weighted by atomic mass is 9.84. The first-order valence-corrected chi connectivity index (χ1v) is 15.3. The number of carboxylic acids is 1. The Morgan fingerprint density at radius 3 is 2.17 bits per heavy atom. The summed E-state index contributed by atoms with van der Waals surface area (Å²) in [5, 5.41) is 9.51. The van der Waals surface area contributed by atoms with Gasteiger partial charge in [-0.3, -0.25) is 4.79 Å². The van der Waals surface area contributed by atoms with Gasteiger partial charge in [-0.05, 0) is 99.4 Å². The number of carbonyl (C=O) groups excluding carboxylic acids is 2. The van der Waals surface area contributed by atoms with Crippen LogP contribution in [0.25, 0.3) is 0 Å². The number of thioether (sulfide) groups is 1. The van der Waals surface area contributed by atoms with Crippen molar-refractivity contribution >= 4 is 45.5 Å². The van der Waals surface area contributed by atoms with E-state index in [0.717, 1.165) is 26.1 Å². The Morgan fingerprint density at radius 2 is 1.61 bits per heavy atom. The van der Waals surface area contributed by atoms with Crippen molar-refractivity contribution in [3.8, 4) is 11.5 Å². The molecule has 41 heavy (non-hydrogen) atoms. The molecule has 1 heterocycles. The number of ketones is 1. The zero-order valence-electron chi connectivity index (χ0n) is 23.8. The first kappa shape index (κ1) is 30.7. The van der Waals surface area contributed by atoms with E-state index in [1.165, 1.54) is 13.8 Å². The molecule has 0 aromatic heterocycles. The lowest BCUT2D eigenvalue weighted by Crippen LogP contribution is -2.38. The number of hydrogen-bond acceptors (Lipinski definition) is 6. The van der Waals surface area contributed by atoms with Crippen molar-refractivity contribution in [3.05, 3.63) is 87.4 Å². The number of hydrogen-bond donors (Lipinski definition) is 1. The van der Waals surface area contributed by atoms with Gasteiger partial charge < -0.3 is 19.5 Å². The number of likely N-dealkylation sites (tertiary alicyclic amines) is 1. The number of nitrogens with zero attached hydrogens (tertiary/aromatic N) is 1. The Balaban J connectivity index is 1.59. The molecular formula is C32H34BrNO6S. The summed E-state index contributed by atoms with van der Waals surface area (Å²) >= 11 is 5.00. The summed E-state index contributed by atoms with van der Waals surface area (Å²) in [7, 11) is 0. The molecule has 9 heteroatoms. The third-order valence-corrected chi connectivity index (χ3v) is 8.59. The molecule has 0 spiro atoms. The summed E-state index contributed by atoms with van der Waals surface area (Å²) in [5.41, 5.74) is 1.86. The molecule has 1 N–H and O–H groups in total. The molecule has 0 saturated carbocycles. The zero-order valence-corrected chi connectivity index (χ0v) is 26.2. The first-order valence-electron chi connectivity index (χ1n) is 13.3. The lowest BCUT2D eigenvalue weighted by Gasteiger charge is -2.25. The van der Waals surface area contributed by atoms with Crippen LogP contribution in [0.15, 0.2) is 70.0 Å². The number of ether oxygens (including phenoxy) is 2. The van der Waals surface area contributed by atoms with Crippen LogP contribution in [0.1, 0.15) is 40.9 Å². The smallest absolute Gasteiger partial charge is 0.415 e. The second-order valence-corrected chi connectivity index (χ2v) is 12.7. The minimum Gasteiger partial charge on any atom is -0.478 e. The summed E-state index contributed by atoms with van der Waals surface area (Å²) in [6.07, 6.45) is 2.06. The van der Waals surface area contributed by atoms with Crippen LogP contribution >= 0.6 is 27.7 Å². The highest BCUT2D eigenvalue weighted by Crippen LogP contribution is 2.34. The molecule has 0 aliphatic carbocycles. The predicted molar refractivity (Wildman–Crippen MR) is 163 cm³/mol. The van der Waals surface area contributed by atoms with E-state index in [4.69, 9.17) is 9.47 Å². The van der Waals surface area contributed by atoms with E-state index in [9.17, 15) is 19.5 Å². The fourth-order valence-electron chi connectivity index (χ4n) is 5.08. The van der Waals surface area contributed by atoms with Gasteiger partial charge in [-0.15, -0.1) is 11.8 Å². The summed E-state index contributed by atoms with van der Waals surface area (Å²) in [4.78, 5) is 41.2. The number of carboxylic acid groups (broad SMARTS) is 1. The fourth-order valence-corrected chi connectivity index (χ4v) is 5.75. The van der Waals surface area contributed by atoms with E-state index in [1.807, 2.05) is 56.5 Å². The average Bonchev–Trinajstić information content (AvgIpc) is 3.35. The van der Waals surface area contributed by atoms with Gasteiger partial charge in [-0.2, -0.15) is 0 Å². The summed E-state index contributed by atoms with van der Waals surface area (Å²) < 4.78 is 12.4. The SMILES string of the molecule is CSc1ccc(C(=O)[C@H]2CN(C(=O)Oc3ccc(Br)cc3)C[C@@H]2Cc2cc(C)c(OC(C)(C)C(=O)O)c(C)c2)cc1. The largest absolute Gasteiger partial charge is 0.478 e. The van der Waals surface area contributed by atoms with Gasteiger partial charge in [-0.1, -0.05) is 40.2 Å². The Bertz CT molecular complexity index is 1410. The second kappa shape index (κ2) is 12.7. The molecule has 1 fully saturated rings. The molecule has 4 rings (SSSR count). The Hall–Kier alpha value is -3.30. The summed E-state index contributed by atoms with van der Waals surface area (Å²) in [5.74, 6) is -0.625. The van der Waals surface area contributed by atoms with E-state index in [2.05, 4.69) is 15.9 Å². The molecule has 1 saturated heterocycles. The minimum atomic E-state index is -1.37. The standard InChI is InChI=1S/C32H34BrNO6S/c1-19-14-21(15-20(2)29(19)40-32(3,4)30(36)37)16-23-17-34(31(38)39-25-10-8-24(33)9-11-25)18-27(23)28(35)22-6-12-26(41-5)13-7-22/h6-15,23,27H,16-18H2,1-5H3,(H,36,37)/t23-,27-/m0/s1. The van der Waals surface area contributed by atoms with Crippen molar-refractivity contribution in [1.82, 2.24) is 4.90 Å². The first-order chi connectivity index (χ1) is 19.4. The molecule has 3 aromatic rings. The van der Waals surface area contributed by atoms with Gasteiger partial charge >= 0.3 is 12.1 Å². The molecule has 0 unspecified atom stereocenters. The number of amides is 1. The van der Waals surface area contributed by atoms with Crippen molar-refractivity contribution in [2.75, 3.05) is 19.3 Å². The molecule has 3 aromatic carbocycles. The Labute approximate surface area is 253 Å². The van der Waals surface area contributed by atoms with Crippen LogP contribution < -0.4 is 9.47 Å². The number of Topliss-reactive ketones (excluding diaryl/α,β-unsaturated/α-hetero) is 1. The maximum absolute atomic E-state index is 13.8. The van der Waals surface area contributed by atoms with E-state index in [0.29, 0.717) is 30.0 Å². The Morgan fingerprint density at radius 1 is 1.00 bits per heavy atom. The van der Waals surface area contributed by atoms with Crippen molar-refractivity contribution in [3.63, 3.8) is 0 Å². The third kappa shape index (κ3) is 7.32. The highest BCUT2D eigenvalue weighted by Gasteiger charge is 2.41. The summed E-state index contributed by atoms with van der Waals surface area (Å²) in [6, 6.07) is 18.5. The molecule has 216 valence electrons. The average molecular weight is 641 g/mol. The highest BCUT2D eigenvalue weighted by atomic mass is 79.9. The number of benzene rings is 3. The molecular weight excluding hydrogens is 606 g/mol. The van der Waals surface area contributed by atoms with Gasteiger partial charge in [0.2, 0.25) is 0 Å². The van der Waals surface area contributed by atoms with Crippen LogP contribution in [0.3, 0.4) is 0 Å². The molecule has 0 radical (unpaired) electrons. The van der Waals surface area contributed by atoms with E-state index in [-0.39, 0.29) is 18.2 Å². The van der Waals surface area contributed by atoms with Crippen LogP contribution in [-0.2, 0) is 11.2 Å². The van der Waals surface area contributed by atoms with Crippen LogP contribution in [-0.4, -0.2) is 52.8 Å². The number of aryl methyl sites for hydroxylation is 2. The number of carbonyl (C=O) groups is 3. The normalized spacial score (nSPS) is 16.9. The lowest BCUT2D eigenvalue weighted by molar-refractivity contribution is -0.152. The van der Waals surface area contributed by atoms with Crippen molar-refractivity contribution < 1.29 is 29.0 Å². The van der Waals surface area contributed by atoms with Crippen LogP contribution in [0, 0.1) is 25.7 Å². The second-order valence-electron chi connectivity index (χ2n) is 10.9. The molecule has 0 bridgehead atoms. The topological polar surface area (TPSA) is 93.1 Å². The monoisotopic (exact) mass is 639 g/mol. The maximum Gasteiger partial charge on any atom is 0.415 e. The van der Waals surface area contributed by atoms with E-state index >= 15 is 0 Å². The van der Waals surface area contributed by atoms with Crippen molar-refractivity contribution in [2.24, 2.45) is 11.8 Å². The van der Waals surface area contributed by atoms with E-state index in [1.54, 1.807) is 40.9 Å². The number of aliphatic carboxylic acids is 1. The van der Waals surface area contributed by atoms with Gasteiger partial charge in [0.05, 0.1) is 0 Å². The van der Waals surface area contributed by atoms with Gasteiger partial charge in [0.1, 0.15) is 11.5 Å². The molecule has 1 aliphatic heterocycles. The van der Waals surface area contributed by atoms with Crippen LogP contribution in [0.2, 0.25) is 0 Å². The molecule has 1 amide bonds.